The van der Waals surface area contributed by atoms with Crippen molar-refractivity contribution < 1.29 is 14.7 Å². The maximum atomic E-state index is 11.4. The van der Waals surface area contributed by atoms with Gasteiger partial charge in [-0.05, 0) is 6.42 Å². The Kier molecular flexibility index (Phi) is 4.42. The summed E-state index contributed by atoms with van der Waals surface area (Å²) in [5.74, 6) is -1.29. The van der Waals surface area contributed by atoms with Gasteiger partial charge in [-0.2, -0.15) is 0 Å². The molecule has 0 saturated heterocycles. The Morgan fingerprint density at radius 1 is 1.62 bits per heavy atom. The Labute approximate surface area is 97.7 Å². The molecule has 1 aromatic heterocycles. The zero-order valence-corrected chi connectivity index (χ0v) is 10.0. The van der Waals surface area contributed by atoms with Crippen molar-refractivity contribution in [3.8, 4) is 0 Å². The second kappa shape index (κ2) is 5.60. The number of carboxylic acids is 1. The third-order valence-corrected chi connectivity index (χ3v) is 2.93. The standard InChI is InChI=1S/C10H14N2O3S/c1-3-5-12(7(2)13)8(10(14)15)9-11-4-6-16-9/h4,6,8H,3,5H2,1-2H3,(H,14,15). The molecule has 6 heteroatoms. The number of amides is 1. The van der Waals surface area contributed by atoms with Crippen molar-refractivity contribution in [2.24, 2.45) is 0 Å². The lowest BCUT2D eigenvalue weighted by molar-refractivity contribution is -0.149. The lowest BCUT2D eigenvalue weighted by Gasteiger charge is -2.25. The summed E-state index contributed by atoms with van der Waals surface area (Å²) in [5, 5.41) is 11.3. The zero-order valence-electron chi connectivity index (χ0n) is 9.21. The van der Waals surface area contributed by atoms with E-state index in [1.54, 1.807) is 11.6 Å². The Hall–Kier alpha value is -1.43. The lowest BCUT2D eigenvalue weighted by Crippen LogP contribution is -2.38. The number of hydrogen-bond acceptors (Lipinski definition) is 4. The summed E-state index contributed by atoms with van der Waals surface area (Å²) in [6.07, 6.45) is 2.26. The van der Waals surface area contributed by atoms with Gasteiger partial charge in [0.15, 0.2) is 6.04 Å². The molecule has 0 fully saturated rings. The fourth-order valence-corrected chi connectivity index (χ4v) is 2.19. The van der Waals surface area contributed by atoms with Gasteiger partial charge < -0.3 is 10.0 Å². The van der Waals surface area contributed by atoms with E-state index in [1.807, 2.05) is 6.92 Å². The van der Waals surface area contributed by atoms with Crippen LogP contribution in [0, 0.1) is 0 Å². The first-order chi connectivity index (χ1) is 7.57. The van der Waals surface area contributed by atoms with Crippen LogP contribution in [0.5, 0.6) is 0 Å². The highest BCUT2D eigenvalue weighted by atomic mass is 32.1. The van der Waals surface area contributed by atoms with E-state index in [9.17, 15) is 9.59 Å². The number of carboxylic acid groups (broad SMARTS) is 1. The molecular weight excluding hydrogens is 228 g/mol. The van der Waals surface area contributed by atoms with Crippen LogP contribution in [0.4, 0.5) is 0 Å². The molecule has 0 bridgehead atoms. The van der Waals surface area contributed by atoms with Crippen LogP contribution in [-0.2, 0) is 9.59 Å². The second-order valence-electron chi connectivity index (χ2n) is 3.32. The second-order valence-corrected chi connectivity index (χ2v) is 4.25. The van der Waals surface area contributed by atoms with Crippen molar-refractivity contribution in [2.45, 2.75) is 26.3 Å². The molecule has 1 heterocycles. The van der Waals surface area contributed by atoms with Crippen molar-refractivity contribution in [3.05, 3.63) is 16.6 Å². The largest absolute Gasteiger partial charge is 0.479 e. The van der Waals surface area contributed by atoms with Crippen LogP contribution in [0.15, 0.2) is 11.6 Å². The average Bonchev–Trinajstić information content (AvgIpc) is 2.69. The summed E-state index contributed by atoms with van der Waals surface area (Å²) in [4.78, 5) is 27.9. The number of hydrogen-bond donors (Lipinski definition) is 1. The molecule has 88 valence electrons. The van der Waals surface area contributed by atoms with E-state index in [4.69, 9.17) is 5.11 Å². The number of rotatable bonds is 5. The van der Waals surface area contributed by atoms with Crippen molar-refractivity contribution in [1.29, 1.82) is 0 Å². The van der Waals surface area contributed by atoms with E-state index in [0.717, 1.165) is 0 Å². The Bertz CT molecular complexity index is 364. The lowest BCUT2D eigenvalue weighted by atomic mass is 10.2. The third-order valence-electron chi connectivity index (χ3n) is 2.10. The summed E-state index contributed by atoms with van der Waals surface area (Å²) < 4.78 is 0. The predicted octanol–water partition coefficient (Wildman–Crippen LogP) is 1.53. The van der Waals surface area contributed by atoms with E-state index in [0.29, 0.717) is 18.0 Å². The number of aliphatic carboxylic acids is 1. The van der Waals surface area contributed by atoms with E-state index < -0.39 is 12.0 Å². The third kappa shape index (κ3) is 2.79. The van der Waals surface area contributed by atoms with Crippen molar-refractivity contribution in [1.82, 2.24) is 9.88 Å². The van der Waals surface area contributed by atoms with Crippen LogP contribution < -0.4 is 0 Å². The van der Waals surface area contributed by atoms with Crippen LogP contribution in [0.3, 0.4) is 0 Å². The molecule has 1 rings (SSSR count). The van der Waals surface area contributed by atoms with Gasteiger partial charge in [-0.25, -0.2) is 9.78 Å². The summed E-state index contributed by atoms with van der Waals surface area (Å²) in [6.45, 7) is 3.70. The van der Waals surface area contributed by atoms with Crippen molar-refractivity contribution in [3.63, 3.8) is 0 Å². The molecule has 0 aromatic carbocycles. The Balaban J connectivity index is 3.00. The normalized spacial score (nSPS) is 12.1. The molecule has 1 amide bonds. The SMILES string of the molecule is CCCN(C(C)=O)C(C(=O)O)c1nccs1. The maximum absolute atomic E-state index is 11.4. The Morgan fingerprint density at radius 2 is 2.31 bits per heavy atom. The van der Waals surface area contributed by atoms with Gasteiger partial charge in [0.2, 0.25) is 5.91 Å². The molecule has 0 saturated carbocycles. The van der Waals surface area contributed by atoms with Gasteiger partial charge in [0.25, 0.3) is 0 Å². The van der Waals surface area contributed by atoms with Crippen LogP contribution in [-0.4, -0.2) is 33.4 Å². The highest BCUT2D eigenvalue weighted by Gasteiger charge is 2.30. The first-order valence-electron chi connectivity index (χ1n) is 4.97. The molecule has 1 N–H and O–H groups in total. The Morgan fingerprint density at radius 3 is 2.69 bits per heavy atom. The minimum absolute atomic E-state index is 0.246. The molecular formula is C10H14N2O3S. The summed E-state index contributed by atoms with van der Waals surface area (Å²) >= 11 is 1.25. The smallest absolute Gasteiger partial charge is 0.333 e. The highest BCUT2D eigenvalue weighted by Crippen LogP contribution is 2.23. The molecule has 16 heavy (non-hydrogen) atoms. The molecule has 0 aliphatic rings. The van der Waals surface area contributed by atoms with Gasteiger partial charge in [-0.1, -0.05) is 6.92 Å². The van der Waals surface area contributed by atoms with Gasteiger partial charge in [0.05, 0.1) is 0 Å². The first kappa shape index (κ1) is 12.6. The minimum Gasteiger partial charge on any atom is -0.479 e. The number of aromatic nitrogens is 1. The van der Waals surface area contributed by atoms with Crippen LogP contribution in [0.25, 0.3) is 0 Å². The molecule has 0 spiro atoms. The summed E-state index contributed by atoms with van der Waals surface area (Å²) in [7, 11) is 0. The van der Waals surface area contributed by atoms with Gasteiger partial charge in [0.1, 0.15) is 5.01 Å². The van der Waals surface area contributed by atoms with Gasteiger partial charge in [-0.15, -0.1) is 11.3 Å². The van der Waals surface area contributed by atoms with Gasteiger partial charge in [0, 0.05) is 25.0 Å². The van der Waals surface area contributed by atoms with Gasteiger partial charge in [-0.3, -0.25) is 4.79 Å². The van der Waals surface area contributed by atoms with E-state index in [1.165, 1.54) is 23.2 Å². The summed E-state index contributed by atoms with van der Waals surface area (Å²) in [5.41, 5.74) is 0. The quantitative estimate of drug-likeness (QED) is 0.850. The van der Waals surface area contributed by atoms with Crippen molar-refractivity contribution >= 4 is 23.2 Å². The van der Waals surface area contributed by atoms with Crippen LogP contribution in [0.2, 0.25) is 0 Å². The first-order valence-corrected chi connectivity index (χ1v) is 5.85. The van der Waals surface area contributed by atoms with E-state index in [-0.39, 0.29) is 5.91 Å². The van der Waals surface area contributed by atoms with Crippen molar-refractivity contribution in [2.75, 3.05) is 6.54 Å². The molecule has 0 aliphatic heterocycles. The number of thiazole rings is 1. The molecule has 1 unspecified atom stereocenters. The minimum atomic E-state index is -1.04. The van der Waals surface area contributed by atoms with Gasteiger partial charge >= 0.3 is 5.97 Å². The highest BCUT2D eigenvalue weighted by molar-refractivity contribution is 7.09. The topological polar surface area (TPSA) is 70.5 Å². The molecule has 0 radical (unpaired) electrons. The monoisotopic (exact) mass is 242 g/mol. The predicted molar refractivity (Wildman–Crippen MR) is 60.2 cm³/mol. The fraction of sp³-hybridized carbons (Fsp3) is 0.500. The van der Waals surface area contributed by atoms with Crippen LogP contribution >= 0.6 is 11.3 Å². The summed E-state index contributed by atoms with van der Waals surface area (Å²) in [6, 6.07) is -0.961. The number of nitrogens with zero attached hydrogens (tertiary/aromatic N) is 2. The molecule has 1 atom stereocenters. The van der Waals surface area contributed by atoms with E-state index in [2.05, 4.69) is 4.98 Å². The number of carbonyl (C=O) groups excluding carboxylic acids is 1. The zero-order chi connectivity index (χ0) is 12.1. The fourth-order valence-electron chi connectivity index (χ4n) is 1.45. The average molecular weight is 242 g/mol. The molecule has 0 aliphatic carbocycles. The maximum Gasteiger partial charge on any atom is 0.333 e. The molecule has 1 aromatic rings. The molecule has 5 nitrogen and oxygen atoms in total. The van der Waals surface area contributed by atoms with Crippen LogP contribution in [0.1, 0.15) is 31.3 Å². The van der Waals surface area contributed by atoms with E-state index >= 15 is 0 Å². The number of carbonyl (C=O) groups is 2.